The molecular weight excluding hydrogens is 226 g/mol. The van der Waals surface area contributed by atoms with Gasteiger partial charge in [-0.05, 0) is 19.8 Å². The third-order valence-corrected chi connectivity index (χ3v) is 3.76. The Hall–Kier alpha value is -1.62. The van der Waals surface area contributed by atoms with E-state index >= 15 is 0 Å². The van der Waals surface area contributed by atoms with E-state index in [0.29, 0.717) is 0 Å². The van der Waals surface area contributed by atoms with E-state index in [2.05, 4.69) is 16.7 Å². The summed E-state index contributed by atoms with van der Waals surface area (Å²) >= 11 is 0. The minimum absolute atomic E-state index is 0.259. The summed E-state index contributed by atoms with van der Waals surface area (Å²) in [7, 11) is 4.03. The molecule has 0 spiro atoms. The molecule has 96 valence electrons. The van der Waals surface area contributed by atoms with Gasteiger partial charge in [0.2, 0.25) is 0 Å². The lowest BCUT2D eigenvalue weighted by molar-refractivity contribution is 0.554. The van der Waals surface area contributed by atoms with Crippen LogP contribution in [0.2, 0.25) is 0 Å². The molecule has 2 aromatic heterocycles. The van der Waals surface area contributed by atoms with Crippen LogP contribution < -0.4 is 5.73 Å². The minimum atomic E-state index is 0.259. The molecule has 1 aliphatic carbocycles. The van der Waals surface area contributed by atoms with Crippen LogP contribution in [0.5, 0.6) is 0 Å². The van der Waals surface area contributed by atoms with E-state index in [4.69, 9.17) is 10.7 Å². The van der Waals surface area contributed by atoms with E-state index < -0.39 is 0 Å². The number of aromatic nitrogens is 4. The largest absolute Gasteiger partial charge is 0.331 e. The summed E-state index contributed by atoms with van der Waals surface area (Å²) in [5, 5.41) is 4.39. The smallest absolute Gasteiger partial charge is 0.143 e. The summed E-state index contributed by atoms with van der Waals surface area (Å²) in [4.78, 5) is 4.77. The Bertz CT molecular complexity index is 593. The highest BCUT2D eigenvalue weighted by atomic mass is 15.3. The van der Waals surface area contributed by atoms with Crippen LogP contribution in [0.15, 0.2) is 6.20 Å². The second-order valence-electron chi connectivity index (χ2n) is 5.19. The topological polar surface area (TPSA) is 61.7 Å². The lowest BCUT2D eigenvalue weighted by atomic mass is 9.97. The summed E-state index contributed by atoms with van der Waals surface area (Å²) in [5.74, 6) is 1.01. The highest BCUT2D eigenvalue weighted by Gasteiger charge is 2.23. The SMILES string of the molecule is Cc1nn(C)cc1-c1nc2c(n1C)CCC(N)C2. The van der Waals surface area contributed by atoms with Crippen LogP contribution in [0, 0.1) is 6.92 Å². The molecule has 5 nitrogen and oxygen atoms in total. The van der Waals surface area contributed by atoms with Gasteiger partial charge in [-0.1, -0.05) is 0 Å². The molecule has 0 amide bonds. The number of nitrogens with two attached hydrogens (primary N) is 1. The number of hydrogen-bond acceptors (Lipinski definition) is 3. The molecule has 18 heavy (non-hydrogen) atoms. The quantitative estimate of drug-likeness (QED) is 0.813. The second-order valence-corrected chi connectivity index (χ2v) is 5.19. The maximum Gasteiger partial charge on any atom is 0.143 e. The van der Waals surface area contributed by atoms with Crippen LogP contribution in [0.4, 0.5) is 0 Å². The Kier molecular flexibility index (Phi) is 2.52. The van der Waals surface area contributed by atoms with Crippen LogP contribution in [0.25, 0.3) is 11.4 Å². The van der Waals surface area contributed by atoms with Crippen molar-refractivity contribution < 1.29 is 0 Å². The average molecular weight is 245 g/mol. The van der Waals surface area contributed by atoms with Crippen molar-refractivity contribution in [3.63, 3.8) is 0 Å². The molecule has 3 rings (SSSR count). The molecule has 5 heteroatoms. The van der Waals surface area contributed by atoms with Gasteiger partial charge < -0.3 is 10.3 Å². The normalized spacial score (nSPS) is 19.0. The van der Waals surface area contributed by atoms with E-state index in [1.165, 1.54) is 5.69 Å². The number of imidazole rings is 1. The van der Waals surface area contributed by atoms with E-state index in [1.807, 2.05) is 24.9 Å². The number of fused-ring (bicyclic) bond motifs is 1. The van der Waals surface area contributed by atoms with Gasteiger partial charge in [0.25, 0.3) is 0 Å². The van der Waals surface area contributed by atoms with Crippen LogP contribution in [0.1, 0.15) is 23.5 Å². The van der Waals surface area contributed by atoms with E-state index in [9.17, 15) is 0 Å². The monoisotopic (exact) mass is 245 g/mol. The fourth-order valence-electron chi connectivity index (χ4n) is 2.80. The molecule has 0 bridgehead atoms. The summed E-state index contributed by atoms with van der Waals surface area (Å²) in [6, 6.07) is 0.259. The van der Waals surface area contributed by atoms with Crippen LogP contribution in [-0.2, 0) is 26.9 Å². The standard InChI is InChI=1S/C13H19N5/c1-8-10(7-17(2)16-8)13-15-11-6-9(14)4-5-12(11)18(13)3/h7,9H,4-6,14H2,1-3H3. The van der Waals surface area contributed by atoms with Crippen molar-refractivity contribution in [2.24, 2.45) is 19.8 Å². The number of aryl methyl sites for hydroxylation is 2. The zero-order valence-corrected chi connectivity index (χ0v) is 11.1. The van der Waals surface area contributed by atoms with Crippen molar-refractivity contribution >= 4 is 0 Å². The molecular formula is C13H19N5. The average Bonchev–Trinajstić information content (AvgIpc) is 2.79. The first-order valence-electron chi connectivity index (χ1n) is 6.37. The molecule has 0 saturated carbocycles. The molecule has 0 saturated heterocycles. The molecule has 1 atom stereocenters. The Morgan fingerprint density at radius 1 is 1.39 bits per heavy atom. The zero-order chi connectivity index (χ0) is 12.9. The molecule has 0 aromatic carbocycles. The Morgan fingerprint density at radius 3 is 2.83 bits per heavy atom. The summed E-state index contributed by atoms with van der Waals surface area (Å²) in [5.41, 5.74) is 10.6. The third-order valence-electron chi connectivity index (χ3n) is 3.76. The van der Waals surface area contributed by atoms with Crippen molar-refractivity contribution in [3.05, 3.63) is 23.3 Å². The zero-order valence-electron chi connectivity index (χ0n) is 11.1. The van der Waals surface area contributed by atoms with Crippen molar-refractivity contribution in [3.8, 4) is 11.4 Å². The lowest BCUT2D eigenvalue weighted by Crippen LogP contribution is -2.28. The van der Waals surface area contributed by atoms with Gasteiger partial charge in [0.05, 0.1) is 17.0 Å². The molecule has 2 N–H and O–H groups in total. The maximum absolute atomic E-state index is 6.02. The third kappa shape index (κ3) is 1.66. The van der Waals surface area contributed by atoms with Crippen molar-refractivity contribution in [2.75, 3.05) is 0 Å². The molecule has 2 aromatic rings. The van der Waals surface area contributed by atoms with Gasteiger partial charge in [0.15, 0.2) is 0 Å². The van der Waals surface area contributed by atoms with E-state index in [-0.39, 0.29) is 6.04 Å². The summed E-state index contributed by atoms with van der Waals surface area (Å²) in [6.45, 7) is 2.02. The summed E-state index contributed by atoms with van der Waals surface area (Å²) < 4.78 is 4.04. The van der Waals surface area contributed by atoms with Gasteiger partial charge in [0, 0.05) is 38.4 Å². The number of nitrogens with zero attached hydrogens (tertiary/aromatic N) is 4. The molecule has 2 heterocycles. The second kappa shape index (κ2) is 3.95. The predicted octanol–water partition coefficient (Wildman–Crippen LogP) is 0.945. The highest BCUT2D eigenvalue weighted by molar-refractivity contribution is 5.59. The molecule has 0 fully saturated rings. The predicted molar refractivity (Wildman–Crippen MR) is 70.1 cm³/mol. The Balaban J connectivity index is 2.11. The van der Waals surface area contributed by atoms with Crippen LogP contribution >= 0.6 is 0 Å². The molecule has 0 radical (unpaired) electrons. The highest BCUT2D eigenvalue weighted by Crippen LogP contribution is 2.27. The minimum Gasteiger partial charge on any atom is -0.331 e. The molecule has 0 aliphatic heterocycles. The van der Waals surface area contributed by atoms with Gasteiger partial charge in [-0.3, -0.25) is 4.68 Å². The van der Waals surface area contributed by atoms with Gasteiger partial charge in [-0.25, -0.2) is 4.98 Å². The van der Waals surface area contributed by atoms with Gasteiger partial charge in [-0.15, -0.1) is 0 Å². The molecule has 1 unspecified atom stereocenters. The Labute approximate surface area is 107 Å². The van der Waals surface area contributed by atoms with Crippen molar-refractivity contribution in [2.45, 2.75) is 32.2 Å². The fourth-order valence-corrected chi connectivity index (χ4v) is 2.80. The van der Waals surface area contributed by atoms with Gasteiger partial charge in [-0.2, -0.15) is 5.10 Å². The first-order chi connectivity index (χ1) is 8.56. The lowest BCUT2D eigenvalue weighted by Gasteiger charge is -2.17. The fraction of sp³-hybridized carbons (Fsp3) is 0.538. The van der Waals surface area contributed by atoms with Crippen molar-refractivity contribution in [1.82, 2.24) is 19.3 Å². The van der Waals surface area contributed by atoms with Gasteiger partial charge in [0.1, 0.15) is 5.82 Å². The Morgan fingerprint density at radius 2 is 2.17 bits per heavy atom. The summed E-state index contributed by atoms with van der Waals surface area (Å²) in [6.07, 6.45) is 5.00. The van der Waals surface area contributed by atoms with Crippen LogP contribution in [-0.4, -0.2) is 25.4 Å². The first-order valence-corrected chi connectivity index (χ1v) is 6.37. The van der Waals surface area contributed by atoms with Gasteiger partial charge >= 0.3 is 0 Å². The number of rotatable bonds is 1. The number of hydrogen-bond donors (Lipinski definition) is 1. The van der Waals surface area contributed by atoms with Crippen molar-refractivity contribution in [1.29, 1.82) is 0 Å². The first kappa shape index (κ1) is 11.5. The van der Waals surface area contributed by atoms with E-state index in [1.54, 1.807) is 0 Å². The van der Waals surface area contributed by atoms with Crippen LogP contribution in [0.3, 0.4) is 0 Å². The molecule has 1 aliphatic rings. The maximum atomic E-state index is 6.02. The van der Waals surface area contributed by atoms with E-state index in [0.717, 1.165) is 42.0 Å².